The number of rotatable bonds is 35. The SMILES string of the molecule is O=C(O)CCc1c(O/C=C/CCCOc2cc(-c3ccccc3)cc(-c3ccccc3)n2)cccc1OCCCC(=O)NCCCCC(NC(=O)c1ccc(N/N=C/c2ccccc2S(=O)(=O)O)nc1)C(=O)NCC(O)C(O)C(O)C(O)CO. The van der Waals surface area contributed by atoms with E-state index in [0.717, 1.165) is 28.6 Å². The number of aliphatic hydroxyl groups is 5. The third-order valence-corrected chi connectivity index (χ3v) is 13.7. The molecule has 0 saturated heterocycles. The Hall–Kier alpha value is -8.62. The molecule has 0 aliphatic rings. The van der Waals surface area contributed by atoms with Crippen LogP contribution in [0.2, 0.25) is 0 Å². The zero-order chi connectivity index (χ0) is 60.3. The van der Waals surface area contributed by atoms with Crippen LogP contribution in [0.4, 0.5) is 5.82 Å². The number of unbranched alkanes of at least 4 members (excludes halogenated alkanes) is 2. The smallest absolute Gasteiger partial charge is 0.303 e. The van der Waals surface area contributed by atoms with Gasteiger partial charge in [0, 0.05) is 54.9 Å². The molecule has 2 aromatic heterocycles. The van der Waals surface area contributed by atoms with Crippen LogP contribution in [0, 0.1) is 0 Å². The topological polar surface area (TPSA) is 358 Å². The summed E-state index contributed by atoms with van der Waals surface area (Å²) in [5.41, 5.74) is 7.06. The molecule has 5 unspecified atom stereocenters. The number of aliphatic carboxylic acids is 1. The highest BCUT2D eigenvalue weighted by Gasteiger charge is 2.31. The van der Waals surface area contributed by atoms with Crippen LogP contribution < -0.4 is 35.6 Å². The number of carboxylic acid groups (broad SMARTS) is 1. The van der Waals surface area contributed by atoms with Crippen molar-refractivity contribution in [2.75, 3.05) is 38.3 Å². The van der Waals surface area contributed by atoms with Gasteiger partial charge in [0.1, 0.15) is 46.6 Å². The number of hydrazone groups is 1. The van der Waals surface area contributed by atoms with E-state index in [1.807, 2.05) is 78.9 Å². The van der Waals surface area contributed by atoms with Gasteiger partial charge in [-0.3, -0.25) is 29.2 Å². The minimum Gasteiger partial charge on any atom is -0.493 e. The summed E-state index contributed by atoms with van der Waals surface area (Å²) in [6.07, 6.45) is 0.610. The Balaban J connectivity index is 0.953. The number of anilines is 1. The minimum absolute atomic E-state index is 0.0179. The first-order valence-corrected chi connectivity index (χ1v) is 28.5. The Morgan fingerprint density at radius 1 is 0.714 bits per heavy atom. The van der Waals surface area contributed by atoms with Crippen molar-refractivity contribution in [1.29, 1.82) is 0 Å². The molecule has 5 atom stereocenters. The number of hydrogen-bond donors (Lipinski definition) is 11. The second kappa shape index (κ2) is 33.5. The molecule has 0 bridgehead atoms. The summed E-state index contributed by atoms with van der Waals surface area (Å²) in [5, 5.41) is 70.7. The van der Waals surface area contributed by atoms with Crippen LogP contribution in [0.25, 0.3) is 22.4 Å². The van der Waals surface area contributed by atoms with E-state index in [4.69, 9.17) is 24.3 Å². The fraction of sp³-hybridized carbons (Fsp3) is 0.317. The number of carbonyl (C=O) groups excluding carboxylic acids is 3. The maximum absolute atomic E-state index is 13.4. The highest BCUT2D eigenvalue weighted by Crippen LogP contribution is 2.32. The summed E-state index contributed by atoms with van der Waals surface area (Å²) in [6.45, 7) is -0.787. The number of benzene rings is 4. The van der Waals surface area contributed by atoms with Crippen molar-refractivity contribution in [3.05, 3.63) is 163 Å². The molecule has 24 heteroatoms. The van der Waals surface area contributed by atoms with Gasteiger partial charge in [0.15, 0.2) is 0 Å². The molecule has 0 aliphatic heterocycles. The second-order valence-corrected chi connectivity index (χ2v) is 20.5. The van der Waals surface area contributed by atoms with Crippen LogP contribution in [0.3, 0.4) is 0 Å². The maximum Gasteiger partial charge on any atom is 0.303 e. The van der Waals surface area contributed by atoms with Gasteiger partial charge < -0.3 is 60.8 Å². The average molecular weight is 1180 g/mol. The summed E-state index contributed by atoms with van der Waals surface area (Å²) in [5.74, 6) is -1.29. The van der Waals surface area contributed by atoms with E-state index in [1.54, 1.807) is 30.5 Å². The van der Waals surface area contributed by atoms with Crippen LogP contribution in [0.15, 0.2) is 156 Å². The number of aromatic nitrogens is 2. The van der Waals surface area contributed by atoms with E-state index < -0.39 is 71.5 Å². The molecule has 3 amide bonds. The molecule has 0 spiro atoms. The predicted octanol–water partition coefficient (Wildman–Crippen LogP) is 5.07. The van der Waals surface area contributed by atoms with Gasteiger partial charge in [0.25, 0.3) is 16.0 Å². The van der Waals surface area contributed by atoms with Gasteiger partial charge in [0.05, 0.1) is 49.7 Å². The lowest BCUT2D eigenvalue weighted by atomic mass is 10.0. The summed E-state index contributed by atoms with van der Waals surface area (Å²) in [6, 6.07) is 36.1. The second-order valence-electron chi connectivity index (χ2n) is 19.1. The fourth-order valence-corrected chi connectivity index (χ4v) is 8.95. The monoisotopic (exact) mass is 1180 g/mol. The van der Waals surface area contributed by atoms with Crippen LogP contribution in [-0.4, -0.2) is 147 Å². The fourth-order valence-electron chi connectivity index (χ4n) is 8.28. The molecule has 0 radical (unpaired) electrons. The molecule has 0 fully saturated rings. The van der Waals surface area contributed by atoms with Crippen molar-refractivity contribution in [1.82, 2.24) is 25.9 Å². The van der Waals surface area contributed by atoms with E-state index in [0.29, 0.717) is 61.7 Å². The number of nitrogens with one attached hydrogen (secondary N) is 4. The lowest BCUT2D eigenvalue weighted by molar-refractivity contribution is -0.137. The highest BCUT2D eigenvalue weighted by molar-refractivity contribution is 7.86. The van der Waals surface area contributed by atoms with E-state index >= 15 is 0 Å². The summed E-state index contributed by atoms with van der Waals surface area (Å²) in [7, 11) is -4.52. The molecule has 2 heterocycles. The van der Waals surface area contributed by atoms with Crippen molar-refractivity contribution >= 4 is 45.8 Å². The van der Waals surface area contributed by atoms with Gasteiger partial charge in [-0.1, -0.05) is 84.9 Å². The van der Waals surface area contributed by atoms with Crippen molar-refractivity contribution in [3.8, 4) is 39.8 Å². The normalized spacial score (nSPS) is 13.3. The number of carbonyl (C=O) groups is 4. The first kappa shape index (κ1) is 64.5. The molecule has 23 nitrogen and oxygen atoms in total. The van der Waals surface area contributed by atoms with E-state index in [9.17, 15) is 57.7 Å². The first-order chi connectivity index (χ1) is 40.5. The Morgan fingerprint density at radius 2 is 1.42 bits per heavy atom. The Labute approximate surface area is 485 Å². The molecule has 0 saturated carbocycles. The highest BCUT2D eigenvalue weighted by atomic mass is 32.2. The number of carboxylic acids is 1. The average Bonchev–Trinajstić information content (AvgIpc) is 3.71. The molecular formula is C60H69N7O16S. The number of nitrogens with zero attached hydrogens (tertiary/aromatic N) is 3. The maximum atomic E-state index is 13.4. The van der Waals surface area contributed by atoms with Gasteiger partial charge in [0.2, 0.25) is 17.7 Å². The van der Waals surface area contributed by atoms with Crippen molar-refractivity contribution in [2.24, 2.45) is 5.10 Å². The summed E-state index contributed by atoms with van der Waals surface area (Å²) >= 11 is 0. The lowest BCUT2D eigenvalue weighted by Gasteiger charge is -2.26. The molecule has 4 aromatic carbocycles. The van der Waals surface area contributed by atoms with Gasteiger partial charge in [-0.2, -0.15) is 13.5 Å². The molecule has 6 aromatic rings. The number of amides is 3. The zero-order valence-corrected chi connectivity index (χ0v) is 46.6. The van der Waals surface area contributed by atoms with E-state index in [2.05, 4.69) is 31.5 Å². The standard InChI is InChI=1S/C60H69N7O16S/c68-39-49(70)58(75)57(74)48(69)38-63-60(77)46(66-59(76)43-26-28-53(62-36-43)67-64-37-42-20-8-9-24-52(42)84(78,79)80)21-10-11-30-61-54(71)25-15-33-82-51-23-14-22-50(45(51)27-29-56(72)73)81-31-12-3-13-32-83-55-35-44(40-16-4-1-5-17-40)34-47(65-55)41-18-6-2-7-19-41/h1-2,4-9,12,14,16-20,22-24,26,28,31,34-37,46,48-49,57-58,68-70,74-75H,3,10-11,13,15,21,25,27,29-30,32-33,38-39H2,(H,61,71)(H,62,67)(H,63,77)(H,66,76)(H,72,73)(H,78,79,80)/b31-12+,64-37+. The summed E-state index contributed by atoms with van der Waals surface area (Å²) < 4.78 is 51.0. The molecule has 6 rings (SSSR count). The van der Waals surface area contributed by atoms with E-state index in [1.165, 1.54) is 36.5 Å². The van der Waals surface area contributed by atoms with Crippen LogP contribution in [0.1, 0.15) is 72.9 Å². The lowest BCUT2D eigenvalue weighted by Crippen LogP contribution is -2.52. The largest absolute Gasteiger partial charge is 0.493 e. The zero-order valence-electron chi connectivity index (χ0n) is 45.8. The number of pyridine rings is 2. The molecule has 84 heavy (non-hydrogen) atoms. The van der Waals surface area contributed by atoms with Gasteiger partial charge in [-0.25, -0.2) is 9.97 Å². The van der Waals surface area contributed by atoms with Crippen LogP contribution in [0.5, 0.6) is 17.4 Å². The van der Waals surface area contributed by atoms with Crippen LogP contribution >= 0.6 is 0 Å². The predicted molar refractivity (Wildman–Crippen MR) is 311 cm³/mol. The number of hydrogen-bond acceptors (Lipinski definition) is 18. The third kappa shape index (κ3) is 21.0. The Bertz CT molecular complexity index is 3190. The molecule has 446 valence electrons. The first-order valence-electron chi connectivity index (χ1n) is 27.0. The van der Waals surface area contributed by atoms with Gasteiger partial charge in [-0.05, 0) is 98.5 Å². The van der Waals surface area contributed by atoms with E-state index in [-0.39, 0.29) is 66.6 Å². The Morgan fingerprint density at radius 3 is 2.13 bits per heavy atom. The van der Waals surface area contributed by atoms with Gasteiger partial charge in [-0.15, -0.1) is 0 Å². The molecule has 11 N–H and O–H groups in total. The summed E-state index contributed by atoms with van der Waals surface area (Å²) in [4.78, 5) is 59.8. The number of aliphatic hydroxyl groups excluding tert-OH is 5. The number of allylic oxidation sites excluding steroid dienone is 1. The molecular weight excluding hydrogens is 1110 g/mol. The van der Waals surface area contributed by atoms with Crippen LogP contribution in [-0.2, 0) is 30.9 Å². The van der Waals surface area contributed by atoms with Crippen molar-refractivity contribution in [3.63, 3.8) is 0 Å². The third-order valence-electron chi connectivity index (χ3n) is 12.8. The quantitative estimate of drug-likeness (QED) is 0.00813. The van der Waals surface area contributed by atoms with Crippen molar-refractivity contribution in [2.45, 2.75) is 93.1 Å². The molecule has 0 aliphatic carbocycles. The Kier molecular flexibility index (Phi) is 25.7. The van der Waals surface area contributed by atoms with Gasteiger partial charge >= 0.3 is 5.97 Å². The van der Waals surface area contributed by atoms with Crippen molar-refractivity contribution < 1.29 is 77.0 Å². The number of ether oxygens (including phenoxy) is 3. The minimum atomic E-state index is -4.52.